The van der Waals surface area contributed by atoms with Gasteiger partial charge in [-0.3, -0.25) is 4.57 Å². The first-order valence-corrected chi connectivity index (χ1v) is 8.41. The molecule has 0 aliphatic carbocycles. The van der Waals surface area contributed by atoms with E-state index in [-0.39, 0.29) is 18.4 Å². The molecule has 0 bridgehead atoms. The van der Waals surface area contributed by atoms with Crippen molar-refractivity contribution >= 4 is 32.9 Å². The molecule has 0 saturated heterocycles. The lowest BCUT2D eigenvalue weighted by Crippen LogP contribution is -2.09. The van der Waals surface area contributed by atoms with E-state index in [1.807, 2.05) is 28.8 Å². The number of imidazole rings is 1. The molecule has 8 nitrogen and oxygen atoms in total. The minimum atomic E-state index is -0.00765. The van der Waals surface area contributed by atoms with Crippen LogP contribution in [0.25, 0.3) is 11.2 Å². The van der Waals surface area contributed by atoms with Crippen molar-refractivity contribution in [2.75, 3.05) is 26.1 Å². The Balaban J connectivity index is 1.97. The quantitative estimate of drug-likeness (QED) is 0.453. The Bertz CT molecular complexity index is 884. The first kappa shape index (κ1) is 17.6. The highest BCUT2D eigenvalue weighted by Crippen LogP contribution is 2.25. The molecule has 3 N–H and O–H groups in total. The van der Waals surface area contributed by atoms with E-state index in [1.54, 1.807) is 7.11 Å². The van der Waals surface area contributed by atoms with Crippen molar-refractivity contribution < 1.29 is 14.6 Å². The molecule has 0 amide bonds. The van der Waals surface area contributed by atoms with E-state index in [4.69, 9.17) is 15.2 Å². The van der Waals surface area contributed by atoms with E-state index in [0.717, 1.165) is 11.1 Å². The number of methoxy groups -OCH3 is 1. The summed E-state index contributed by atoms with van der Waals surface area (Å²) in [6.45, 7) is 1.26. The fraction of sp³-hybridized carbons (Fsp3) is 0.312. The second-order valence-corrected chi connectivity index (χ2v) is 6.06. The Morgan fingerprint density at radius 2 is 2.00 bits per heavy atom. The van der Waals surface area contributed by atoms with Gasteiger partial charge >= 0.3 is 6.01 Å². The molecular formula is C16H18BrN5O3. The van der Waals surface area contributed by atoms with Crippen LogP contribution < -0.4 is 10.5 Å². The van der Waals surface area contributed by atoms with Gasteiger partial charge in [-0.05, 0) is 27.1 Å². The van der Waals surface area contributed by atoms with Crippen molar-refractivity contribution in [1.29, 1.82) is 0 Å². The number of nitrogens with two attached hydrogens (primary N) is 1. The Labute approximate surface area is 152 Å². The van der Waals surface area contributed by atoms with E-state index in [9.17, 15) is 5.11 Å². The summed E-state index contributed by atoms with van der Waals surface area (Å²) in [4.78, 5) is 12.9. The highest BCUT2D eigenvalue weighted by Gasteiger charge is 2.16. The Morgan fingerprint density at radius 3 is 2.76 bits per heavy atom. The molecule has 0 aliphatic rings. The number of anilines is 1. The summed E-state index contributed by atoms with van der Waals surface area (Å²) in [5, 5.41) is 9.30. The predicted octanol–water partition coefficient (Wildman–Crippen LogP) is 1.74. The van der Waals surface area contributed by atoms with Crippen LogP contribution in [0.1, 0.15) is 11.1 Å². The van der Waals surface area contributed by atoms with Crippen LogP contribution in [0.3, 0.4) is 0 Å². The van der Waals surface area contributed by atoms with Gasteiger partial charge in [-0.25, -0.2) is 4.98 Å². The lowest BCUT2D eigenvalue weighted by Gasteiger charge is -2.08. The third kappa shape index (κ3) is 3.89. The Morgan fingerprint density at radius 1 is 1.20 bits per heavy atom. The summed E-state index contributed by atoms with van der Waals surface area (Å²) >= 11 is 3.44. The molecule has 132 valence electrons. The van der Waals surface area contributed by atoms with Crippen molar-refractivity contribution in [1.82, 2.24) is 19.5 Å². The topological polar surface area (TPSA) is 108 Å². The van der Waals surface area contributed by atoms with E-state index >= 15 is 0 Å². The summed E-state index contributed by atoms with van der Waals surface area (Å²) in [5.41, 5.74) is 8.91. The zero-order chi connectivity index (χ0) is 17.8. The highest BCUT2D eigenvalue weighted by molar-refractivity contribution is 9.10. The molecule has 3 aromatic rings. The second-order valence-electron chi connectivity index (χ2n) is 5.35. The van der Waals surface area contributed by atoms with Gasteiger partial charge in [0.15, 0.2) is 21.7 Å². The summed E-state index contributed by atoms with van der Waals surface area (Å²) in [6.07, 6.45) is 0. The first-order chi connectivity index (χ1) is 12.1. The molecule has 0 saturated carbocycles. The van der Waals surface area contributed by atoms with E-state index in [0.29, 0.717) is 35.7 Å². The number of hydrogen-bond acceptors (Lipinski definition) is 7. The Kier molecular flexibility index (Phi) is 5.47. The van der Waals surface area contributed by atoms with Crippen LogP contribution >= 0.6 is 15.9 Å². The van der Waals surface area contributed by atoms with Gasteiger partial charge in [0.2, 0.25) is 0 Å². The Hall–Kier alpha value is -2.23. The van der Waals surface area contributed by atoms with Crippen LogP contribution in [-0.2, 0) is 17.9 Å². The number of nitrogen functional groups attached to an aromatic ring is 1. The molecule has 0 spiro atoms. The number of nitrogens with zero attached hydrogens (tertiary/aromatic N) is 4. The first-order valence-electron chi connectivity index (χ1n) is 7.62. The SMILES string of the molecule is COCCOc1nc(N)c2nc(Br)n(Cc3cccc(CO)c3)c2n1. The molecule has 3 rings (SSSR count). The molecule has 0 atom stereocenters. The molecule has 2 heterocycles. The molecular weight excluding hydrogens is 390 g/mol. The fourth-order valence-electron chi connectivity index (χ4n) is 2.40. The van der Waals surface area contributed by atoms with Crippen LogP contribution in [0.15, 0.2) is 29.0 Å². The standard InChI is InChI=1S/C16H18BrN5O3/c1-24-5-6-25-16-20-13(18)12-14(21-16)22(15(17)19-12)8-10-3-2-4-11(7-10)9-23/h2-4,7,23H,5-6,8-9H2,1H3,(H2,18,20,21). The van der Waals surface area contributed by atoms with Crippen molar-refractivity contribution in [2.24, 2.45) is 0 Å². The average molecular weight is 408 g/mol. The second kappa shape index (κ2) is 7.77. The summed E-state index contributed by atoms with van der Waals surface area (Å²) in [6, 6.07) is 7.85. The van der Waals surface area contributed by atoms with Gasteiger partial charge in [0, 0.05) is 7.11 Å². The number of benzene rings is 1. The van der Waals surface area contributed by atoms with Crippen molar-refractivity contribution in [3.8, 4) is 6.01 Å². The van der Waals surface area contributed by atoms with Gasteiger partial charge < -0.3 is 20.3 Å². The predicted molar refractivity (Wildman–Crippen MR) is 96.3 cm³/mol. The van der Waals surface area contributed by atoms with Crippen LogP contribution in [0.2, 0.25) is 0 Å². The number of aromatic nitrogens is 4. The van der Waals surface area contributed by atoms with Gasteiger partial charge in [-0.15, -0.1) is 0 Å². The van der Waals surface area contributed by atoms with E-state index < -0.39 is 0 Å². The van der Waals surface area contributed by atoms with Gasteiger partial charge in [0.05, 0.1) is 19.8 Å². The van der Waals surface area contributed by atoms with Crippen molar-refractivity contribution in [3.63, 3.8) is 0 Å². The minimum Gasteiger partial charge on any atom is -0.461 e. The molecule has 1 aromatic carbocycles. The van der Waals surface area contributed by atoms with Gasteiger partial charge in [-0.2, -0.15) is 9.97 Å². The molecule has 2 aromatic heterocycles. The van der Waals surface area contributed by atoms with Crippen molar-refractivity contribution in [3.05, 3.63) is 40.1 Å². The van der Waals surface area contributed by atoms with Gasteiger partial charge in [0.1, 0.15) is 6.61 Å². The molecule has 9 heteroatoms. The van der Waals surface area contributed by atoms with E-state index in [2.05, 4.69) is 30.9 Å². The lowest BCUT2D eigenvalue weighted by molar-refractivity contribution is 0.141. The number of aliphatic hydroxyl groups excluding tert-OH is 1. The maximum atomic E-state index is 9.30. The maximum Gasteiger partial charge on any atom is 0.320 e. The molecule has 0 radical (unpaired) electrons. The third-order valence-electron chi connectivity index (χ3n) is 3.59. The molecule has 0 aliphatic heterocycles. The molecule has 25 heavy (non-hydrogen) atoms. The van der Waals surface area contributed by atoms with E-state index in [1.165, 1.54) is 0 Å². The normalized spacial score (nSPS) is 11.2. The highest BCUT2D eigenvalue weighted by atomic mass is 79.9. The summed E-state index contributed by atoms with van der Waals surface area (Å²) in [5.74, 6) is 0.251. The zero-order valence-electron chi connectivity index (χ0n) is 13.6. The van der Waals surface area contributed by atoms with Crippen LogP contribution in [-0.4, -0.2) is 44.9 Å². The van der Waals surface area contributed by atoms with Crippen LogP contribution in [0.5, 0.6) is 6.01 Å². The average Bonchev–Trinajstić information content (AvgIpc) is 2.92. The number of aliphatic hydroxyl groups is 1. The fourth-order valence-corrected chi connectivity index (χ4v) is 2.88. The molecule has 0 unspecified atom stereocenters. The monoisotopic (exact) mass is 407 g/mol. The summed E-state index contributed by atoms with van der Waals surface area (Å²) < 4.78 is 12.9. The van der Waals surface area contributed by atoms with Crippen LogP contribution in [0.4, 0.5) is 5.82 Å². The number of rotatable bonds is 7. The maximum absolute atomic E-state index is 9.30. The molecule has 0 fully saturated rings. The van der Waals surface area contributed by atoms with Crippen LogP contribution in [0, 0.1) is 0 Å². The number of hydrogen-bond donors (Lipinski definition) is 2. The minimum absolute atomic E-state index is 0.00765. The van der Waals surface area contributed by atoms with Crippen molar-refractivity contribution in [2.45, 2.75) is 13.2 Å². The number of fused-ring (bicyclic) bond motifs is 1. The lowest BCUT2D eigenvalue weighted by atomic mass is 10.1. The van der Waals surface area contributed by atoms with Gasteiger partial charge in [-0.1, -0.05) is 24.3 Å². The van der Waals surface area contributed by atoms with Gasteiger partial charge in [0.25, 0.3) is 0 Å². The number of ether oxygens (including phenoxy) is 2. The smallest absolute Gasteiger partial charge is 0.320 e. The largest absolute Gasteiger partial charge is 0.461 e. The number of halogens is 1. The zero-order valence-corrected chi connectivity index (χ0v) is 15.2. The third-order valence-corrected chi connectivity index (χ3v) is 4.19. The summed E-state index contributed by atoms with van der Waals surface area (Å²) in [7, 11) is 1.59.